The van der Waals surface area contributed by atoms with E-state index in [4.69, 9.17) is 10.8 Å². The first kappa shape index (κ1) is 22.7. The third kappa shape index (κ3) is 4.95. The van der Waals surface area contributed by atoms with Gasteiger partial charge in [0.25, 0.3) is 11.8 Å². The lowest BCUT2D eigenvalue weighted by Gasteiger charge is -2.26. The zero-order valence-electron chi connectivity index (χ0n) is 18.4. The lowest BCUT2D eigenvalue weighted by molar-refractivity contribution is -0.110. The van der Waals surface area contributed by atoms with Gasteiger partial charge in [-0.3, -0.25) is 20.0 Å². The number of fused-ring (bicyclic) bond motifs is 1. The van der Waals surface area contributed by atoms with E-state index in [1.165, 1.54) is 6.20 Å². The molecule has 2 amide bonds. The Labute approximate surface area is 195 Å². The molecule has 3 aromatic rings. The summed E-state index contributed by atoms with van der Waals surface area (Å²) >= 11 is 1.85. The van der Waals surface area contributed by atoms with Gasteiger partial charge in [-0.25, -0.2) is 4.98 Å². The number of amides is 2. The van der Waals surface area contributed by atoms with Gasteiger partial charge in [0.1, 0.15) is 17.1 Å². The summed E-state index contributed by atoms with van der Waals surface area (Å²) in [5.74, 6) is 0.717. The number of thioether (sulfide) groups is 1. The fraction of sp³-hybridized carbons (Fsp3) is 0.304. The summed E-state index contributed by atoms with van der Waals surface area (Å²) in [6, 6.07) is 7.28. The highest BCUT2D eigenvalue weighted by molar-refractivity contribution is 7.99. The van der Waals surface area contributed by atoms with Gasteiger partial charge in [0, 0.05) is 59.1 Å². The molecule has 3 aromatic heterocycles. The third-order valence-electron chi connectivity index (χ3n) is 5.64. The molecule has 0 aromatic carbocycles. The molecule has 4 heterocycles. The van der Waals surface area contributed by atoms with Crippen LogP contribution in [0, 0.1) is 16.7 Å². The van der Waals surface area contributed by atoms with Crippen LogP contribution < -0.4 is 5.32 Å². The Kier molecular flexibility index (Phi) is 6.55. The topological polar surface area (TPSA) is 139 Å². The first-order valence-corrected chi connectivity index (χ1v) is 11.8. The number of hydrogen-bond donors (Lipinski definition) is 4. The third-order valence-corrected chi connectivity index (χ3v) is 6.59. The van der Waals surface area contributed by atoms with Gasteiger partial charge < -0.3 is 20.6 Å². The maximum absolute atomic E-state index is 12.8. The number of aromatic amines is 1. The van der Waals surface area contributed by atoms with Crippen molar-refractivity contribution < 1.29 is 9.59 Å². The number of anilines is 1. The molecule has 1 unspecified atom stereocenters. The number of pyridine rings is 2. The van der Waals surface area contributed by atoms with Crippen LogP contribution in [0.3, 0.4) is 0 Å². The molecule has 0 radical (unpaired) electrons. The molecule has 4 rings (SSSR count). The first-order chi connectivity index (χ1) is 15.8. The zero-order valence-corrected chi connectivity index (χ0v) is 19.3. The molecule has 1 atom stereocenters. The van der Waals surface area contributed by atoms with Crippen LogP contribution in [0.5, 0.6) is 0 Å². The molecular formula is C23H25N7O2S. The molecule has 4 N–H and O–H groups in total. The van der Waals surface area contributed by atoms with Crippen LogP contribution >= 0.6 is 11.8 Å². The molecule has 170 valence electrons. The summed E-state index contributed by atoms with van der Waals surface area (Å²) in [6.07, 6.45) is 3.15. The van der Waals surface area contributed by atoms with Crippen LogP contribution in [-0.4, -0.2) is 67.7 Å². The van der Waals surface area contributed by atoms with Crippen LogP contribution in [0.15, 0.2) is 36.7 Å². The van der Waals surface area contributed by atoms with Gasteiger partial charge in [-0.05, 0) is 31.2 Å². The molecule has 1 fully saturated rings. The summed E-state index contributed by atoms with van der Waals surface area (Å²) < 4.78 is 0. The number of nitrogens with zero attached hydrogens (tertiary/aromatic N) is 3. The van der Waals surface area contributed by atoms with Crippen molar-refractivity contribution in [2.75, 3.05) is 29.9 Å². The summed E-state index contributed by atoms with van der Waals surface area (Å²) in [5.41, 5.74) is 3.21. The molecule has 10 heteroatoms. The summed E-state index contributed by atoms with van der Waals surface area (Å²) in [6.45, 7) is 4.69. The Morgan fingerprint density at radius 2 is 1.94 bits per heavy atom. The van der Waals surface area contributed by atoms with Crippen LogP contribution in [0.4, 0.5) is 5.69 Å². The van der Waals surface area contributed by atoms with Gasteiger partial charge in [0.05, 0.1) is 11.9 Å². The van der Waals surface area contributed by atoms with Crippen molar-refractivity contribution in [1.82, 2.24) is 19.9 Å². The maximum atomic E-state index is 12.8. The van der Waals surface area contributed by atoms with Crippen molar-refractivity contribution >= 4 is 51.7 Å². The van der Waals surface area contributed by atoms with E-state index in [0.29, 0.717) is 17.0 Å². The van der Waals surface area contributed by atoms with E-state index in [1.54, 1.807) is 32.2 Å². The number of nitrogens with one attached hydrogen (secondary N) is 4. The first-order valence-electron chi connectivity index (χ1n) is 10.6. The molecule has 0 spiro atoms. The summed E-state index contributed by atoms with van der Waals surface area (Å²) in [7, 11) is 0. The summed E-state index contributed by atoms with van der Waals surface area (Å²) in [5, 5.41) is 19.1. The SMILES string of the molecule is CC(=N)C(C)C(=N)C(=O)Nc1cnc2[nH]c(-c3ccnc(C(=O)N4CCSCC4)c3)cc2c1. The number of carbonyl (C=O) groups is 2. The van der Waals surface area contributed by atoms with E-state index in [2.05, 4.69) is 20.3 Å². The monoisotopic (exact) mass is 463 g/mol. The minimum absolute atomic E-state index is 0.0618. The smallest absolute Gasteiger partial charge is 0.272 e. The Bertz CT molecular complexity index is 1250. The molecule has 1 aliphatic rings. The van der Waals surface area contributed by atoms with Gasteiger partial charge in [-0.2, -0.15) is 11.8 Å². The second-order valence-corrected chi connectivity index (χ2v) is 9.18. The van der Waals surface area contributed by atoms with Gasteiger partial charge in [0.15, 0.2) is 0 Å². The Morgan fingerprint density at radius 3 is 2.67 bits per heavy atom. The highest BCUT2D eigenvalue weighted by Gasteiger charge is 2.21. The predicted molar refractivity (Wildman–Crippen MR) is 131 cm³/mol. The van der Waals surface area contributed by atoms with Gasteiger partial charge in [-0.1, -0.05) is 6.92 Å². The summed E-state index contributed by atoms with van der Waals surface area (Å²) in [4.78, 5) is 38.9. The zero-order chi connectivity index (χ0) is 23.5. The Morgan fingerprint density at radius 1 is 1.18 bits per heavy atom. The minimum atomic E-state index is -0.556. The van der Waals surface area contributed by atoms with Crippen LogP contribution in [0.25, 0.3) is 22.3 Å². The largest absolute Gasteiger partial charge is 0.339 e. The molecule has 1 saturated heterocycles. The number of hydrogen-bond acceptors (Lipinski definition) is 7. The Balaban J connectivity index is 1.54. The second-order valence-electron chi connectivity index (χ2n) is 7.95. The van der Waals surface area contributed by atoms with Gasteiger partial charge in [-0.15, -0.1) is 0 Å². The van der Waals surface area contributed by atoms with Gasteiger partial charge >= 0.3 is 0 Å². The fourth-order valence-corrected chi connectivity index (χ4v) is 4.40. The number of carbonyl (C=O) groups excluding carboxylic acids is 2. The van der Waals surface area contributed by atoms with Crippen molar-refractivity contribution in [2.24, 2.45) is 5.92 Å². The van der Waals surface area contributed by atoms with E-state index >= 15 is 0 Å². The quantitative estimate of drug-likeness (QED) is 0.415. The highest BCUT2D eigenvalue weighted by Crippen LogP contribution is 2.25. The molecular weight excluding hydrogens is 438 g/mol. The molecule has 9 nitrogen and oxygen atoms in total. The number of rotatable bonds is 6. The number of aromatic nitrogens is 3. The van der Waals surface area contributed by atoms with Gasteiger partial charge in [0.2, 0.25) is 0 Å². The van der Waals surface area contributed by atoms with E-state index in [-0.39, 0.29) is 17.3 Å². The van der Waals surface area contributed by atoms with E-state index in [0.717, 1.165) is 41.2 Å². The molecule has 0 saturated carbocycles. The van der Waals surface area contributed by atoms with Crippen molar-refractivity contribution in [3.05, 3.63) is 42.4 Å². The van der Waals surface area contributed by atoms with Crippen molar-refractivity contribution in [3.63, 3.8) is 0 Å². The normalized spacial score (nSPS) is 14.7. The highest BCUT2D eigenvalue weighted by atomic mass is 32.2. The van der Waals surface area contributed by atoms with E-state index in [9.17, 15) is 9.59 Å². The lowest BCUT2D eigenvalue weighted by Crippen LogP contribution is -2.38. The Hall–Kier alpha value is -3.53. The molecule has 1 aliphatic heterocycles. The van der Waals surface area contributed by atoms with Crippen LogP contribution in [0.1, 0.15) is 24.3 Å². The molecule has 33 heavy (non-hydrogen) atoms. The fourth-order valence-electron chi connectivity index (χ4n) is 3.49. The molecule has 0 aliphatic carbocycles. The second kappa shape index (κ2) is 9.53. The average molecular weight is 464 g/mol. The van der Waals surface area contributed by atoms with Crippen LogP contribution in [0.2, 0.25) is 0 Å². The van der Waals surface area contributed by atoms with Crippen molar-refractivity contribution in [3.8, 4) is 11.3 Å². The minimum Gasteiger partial charge on any atom is -0.339 e. The van der Waals surface area contributed by atoms with E-state index in [1.807, 2.05) is 28.8 Å². The van der Waals surface area contributed by atoms with Crippen molar-refractivity contribution in [1.29, 1.82) is 10.8 Å². The standard InChI is InChI=1S/C23H25N7O2S/c1-13(14(2)24)20(25)22(31)28-17-9-16-11-18(29-21(16)27-12-17)15-3-4-26-19(10-15)23(32)30-5-7-33-8-6-30/h3-4,9-13,24-25H,5-8H2,1-2H3,(H,27,29)(H,28,31). The lowest BCUT2D eigenvalue weighted by atomic mass is 10.0. The molecule has 0 bridgehead atoms. The van der Waals surface area contributed by atoms with E-state index < -0.39 is 11.8 Å². The number of H-pyrrole nitrogens is 1. The van der Waals surface area contributed by atoms with Crippen molar-refractivity contribution in [2.45, 2.75) is 13.8 Å². The average Bonchev–Trinajstić information content (AvgIpc) is 3.26. The predicted octanol–water partition coefficient (Wildman–Crippen LogP) is 3.45. The maximum Gasteiger partial charge on any atom is 0.272 e. The van der Waals surface area contributed by atoms with Crippen LogP contribution in [-0.2, 0) is 4.79 Å².